The Morgan fingerprint density at radius 1 is 1.80 bits per heavy atom. The molecule has 0 saturated carbocycles. The maximum atomic E-state index is 9.26. The van der Waals surface area contributed by atoms with Crippen LogP contribution in [0.15, 0.2) is 4.95 Å². The normalized spacial score (nSPS) is 10.2. The van der Waals surface area contributed by atoms with E-state index >= 15 is 0 Å². The molecule has 0 bridgehead atoms. The first-order chi connectivity index (χ1) is 2.27. The van der Waals surface area contributed by atoms with Crippen LogP contribution in [0.25, 0.3) is 0 Å². The summed E-state index contributed by atoms with van der Waals surface area (Å²) in [5, 5.41) is 0. The molecule has 0 aliphatic heterocycles. The number of nitrogens with two attached hydrogens (primary N) is 1. The van der Waals surface area contributed by atoms with E-state index in [9.17, 15) is 4.57 Å². The molecule has 0 radical (unpaired) electrons. The lowest BCUT2D eigenvalue weighted by molar-refractivity contribution is 0.589. The zero-order valence-electron chi connectivity index (χ0n) is 2.29. The average molecular weight is 93.0 g/mol. The fourth-order valence-electron chi connectivity index (χ4n) is 0. The summed E-state index contributed by atoms with van der Waals surface area (Å²) in [6.07, 6.45) is 0. The van der Waals surface area contributed by atoms with Gasteiger partial charge in [-0.05, 0) is 4.57 Å². The Bertz CT molecular complexity index is 58.7. The minimum Gasteiger partial charge on any atom is -0.0955 e. The maximum absolute atomic E-state index is 9.26. The van der Waals surface area contributed by atoms with Crippen LogP contribution in [0.4, 0.5) is 0 Å². The van der Waals surface area contributed by atoms with Gasteiger partial charge in [0.2, 0.25) is 4.95 Å². The van der Waals surface area contributed by atoms with E-state index in [2.05, 4.69) is 5.50 Å². The predicted molar refractivity (Wildman–Crippen MR) is 17.6 cm³/mol. The lowest BCUT2D eigenvalue weighted by Crippen LogP contribution is -1.66. The molecule has 0 saturated heterocycles. The fourth-order valence-corrected chi connectivity index (χ4v) is 0. The Morgan fingerprint density at radius 3 is 2.00 bits per heavy atom. The van der Waals surface area contributed by atoms with Gasteiger partial charge in [-0.15, -0.1) is 0 Å². The second-order valence-electron chi connectivity index (χ2n) is 0.384. The monoisotopic (exact) mass is 93.0 g/mol. The minimum atomic E-state index is -2.28. The van der Waals surface area contributed by atoms with Crippen LogP contribution in [0.1, 0.15) is 0 Å². The van der Waals surface area contributed by atoms with Crippen LogP contribution >= 0.6 is 8.10 Å². The first kappa shape index (κ1) is 4.66. The highest BCUT2D eigenvalue weighted by atomic mass is 31.1. The largest absolute Gasteiger partial charge is 0.623 e. The van der Waals surface area contributed by atoms with Crippen molar-refractivity contribution in [1.29, 1.82) is 0 Å². The van der Waals surface area contributed by atoms with Gasteiger partial charge in [-0.25, -0.2) is 0 Å². The molecule has 0 amide bonds. The van der Waals surface area contributed by atoms with Crippen molar-refractivity contribution in [3.05, 3.63) is 4.91 Å². The highest BCUT2D eigenvalue weighted by molar-refractivity contribution is 7.40. The van der Waals surface area contributed by atoms with Gasteiger partial charge in [0.1, 0.15) is 0 Å². The van der Waals surface area contributed by atoms with Crippen molar-refractivity contribution < 1.29 is 4.57 Å². The Balaban J connectivity index is 3.20. The molecule has 0 aromatic carbocycles. The van der Waals surface area contributed by atoms with Gasteiger partial charge in [0.05, 0.1) is 0 Å². The molecule has 0 spiro atoms. The van der Waals surface area contributed by atoms with E-state index in [-0.39, 0.29) is 0 Å². The summed E-state index contributed by atoms with van der Waals surface area (Å²) in [5.74, 6) is 0. The van der Waals surface area contributed by atoms with E-state index < -0.39 is 8.10 Å². The molecular formula is H2N2O2P+. The third-order valence-electron chi connectivity index (χ3n) is 0.0805. The summed E-state index contributed by atoms with van der Waals surface area (Å²) in [6.45, 7) is 0. The van der Waals surface area contributed by atoms with Crippen LogP contribution in [0.2, 0.25) is 0 Å². The Labute approximate surface area is 29.2 Å². The number of nitroso groups, excluding NO2 is 1. The topological polar surface area (TPSA) is 72.5 Å². The van der Waals surface area contributed by atoms with Crippen LogP contribution in [0, 0.1) is 4.91 Å². The van der Waals surface area contributed by atoms with E-state index in [1.54, 1.807) is 0 Å². The van der Waals surface area contributed by atoms with Crippen LogP contribution in [-0.4, -0.2) is 0 Å². The van der Waals surface area contributed by atoms with E-state index in [0.717, 1.165) is 0 Å². The molecule has 0 aromatic rings. The van der Waals surface area contributed by atoms with Crippen molar-refractivity contribution in [3.63, 3.8) is 0 Å². The quantitative estimate of drug-likeness (QED) is 0.376. The van der Waals surface area contributed by atoms with Gasteiger partial charge in [-0.1, -0.05) is 10.4 Å². The third-order valence-corrected chi connectivity index (χ3v) is 0.241. The Hall–Kier alpha value is -0.340. The molecule has 0 heterocycles. The van der Waals surface area contributed by atoms with Gasteiger partial charge in [0.25, 0.3) is 0 Å². The lowest BCUT2D eigenvalue weighted by Gasteiger charge is -1.37. The van der Waals surface area contributed by atoms with Crippen molar-refractivity contribution in [2.24, 2.45) is 10.5 Å². The molecule has 0 aromatic heterocycles. The minimum absolute atomic E-state index is 1.93. The lowest BCUT2D eigenvalue weighted by atomic mass is 13.7. The summed E-state index contributed by atoms with van der Waals surface area (Å²) in [5.41, 5.74) is 4.32. The number of nitrogens with zero attached hydrogens (tertiary/aromatic N) is 1. The van der Waals surface area contributed by atoms with Gasteiger partial charge in [-0.2, -0.15) is 0 Å². The van der Waals surface area contributed by atoms with Crippen molar-refractivity contribution in [2.45, 2.75) is 0 Å². The van der Waals surface area contributed by atoms with E-state index in [0.29, 0.717) is 0 Å². The SMILES string of the molecule is N[P+](=O)N=O. The molecular weight excluding hydrogens is 91.0 g/mol. The highest BCUT2D eigenvalue weighted by Gasteiger charge is 2.00. The number of hydrogen-bond acceptors (Lipinski definition) is 2. The molecule has 0 aliphatic carbocycles. The second-order valence-corrected chi connectivity index (χ2v) is 1.15. The third kappa shape index (κ3) is 3.66. The van der Waals surface area contributed by atoms with E-state index in [1.807, 2.05) is 4.95 Å². The summed E-state index contributed by atoms with van der Waals surface area (Å²) in [4.78, 5) is 10.8. The van der Waals surface area contributed by atoms with Crippen LogP contribution < -0.4 is 5.50 Å². The standard InChI is InChI=1S/H2N2O2P/c1-5(4)2-3/h(H2,1,4)/q+1. The zero-order chi connectivity index (χ0) is 4.28. The Kier molecular flexibility index (Phi) is 1.80. The summed E-state index contributed by atoms with van der Waals surface area (Å²) >= 11 is 0. The summed E-state index contributed by atoms with van der Waals surface area (Å²) in [7, 11) is -2.28. The van der Waals surface area contributed by atoms with Gasteiger partial charge >= 0.3 is 8.10 Å². The highest BCUT2D eigenvalue weighted by Crippen LogP contribution is 2.04. The van der Waals surface area contributed by atoms with Crippen molar-refractivity contribution in [1.82, 2.24) is 0 Å². The smallest absolute Gasteiger partial charge is 0.0955 e. The fraction of sp³-hybridized carbons (Fsp3) is 0. The molecule has 0 fully saturated rings. The number of rotatable bonds is 1. The second kappa shape index (κ2) is 1.93. The summed E-state index contributed by atoms with van der Waals surface area (Å²) in [6, 6.07) is 0. The maximum Gasteiger partial charge on any atom is 0.623 e. The zero-order valence-corrected chi connectivity index (χ0v) is 3.18. The van der Waals surface area contributed by atoms with Crippen LogP contribution in [0.3, 0.4) is 0 Å². The molecule has 0 rings (SSSR count). The molecule has 4 nitrogen and oxygen atoms in total. The van der Waals surface area contributed by atoms with Crippen molar-refractivity contribution in [2.75, 3.05) is 0 Å². The van der Waals surface area contributed by atoms with Gasteiger partial charge in [0.15, 0.2) is 0 Å². The predicted octanol–water partition coefficient (Wildman–Crippen LogP) is 0.369. The van der Waals surface area contributed by atoms with Gasteiger partial charge in [0, 0.05) is 0 Å². The number of hydrogen-bond donors (Lipinski definition) is 1. The molecule has 0 aliphatic rings. The summed E-state index contributed by atoms with van der Waals surface area (Å²) < 4.78 is 9.26. The molecule has 5 heavy (non-hydrogen) atoms. The van der Waals surface area contributed by atoms with Crippen LogP contribution in [0.5, 0.6) is 0 Å². The Morgan fingerprint density at radius 2 is 2.00 bits per heavy atom. The van der Waals surface area contributed by atoms with Crippen molar-refractivity contribution in [3.8, 4) is 0 Å². The van der Waals surface area contributed by atoms with E-state index in [4.69, 9.17) is 4.91 Å². The van der Waals surface area contributed by atoms with Crippen molar-refractivity contribution >= 4 is 8.10 Å². The average Bonchev–Trinajstić information content (AvgIpc) is 1.38. The van der Waals surface area contributed by atoms with Gasteiger partial charge < -0.3 is 0 Å². The first-order valence-electron chi connectivity index (χ1n) is 0.823. The van der Waals surface area contributed by atoms with Crippen LogP contribution in [-0.2, 0) is 4.57 Å². The molecule has 2 N–H and O–H groups in total. The van der Waals surface area contributed by atoms with E-state index in [1.165, 1.54) is 0 Å². The molecule has 5 heteroatoms. The van der Waals surface area contributed by atoms with Gasteiger partial charge in [-0.3, -0.25) is 0 Å². The molecule has 1 unspecified atom stereocenters. The first-order valence-corrected chi connectivity index (χ1v) is 2.10. The molecule has 1 atom stereocenters. The molecule has 28 valence electrons.